The predicted molar refractivity (Wildman–Crippen MR) is 79.1 cm³/mol. The lowest BCUT2D eigenvalue weighted by atomic mass is 10.0. The van der Waals surface area contributed by atoms with Crippen LogP contribution in [-0.2, 0) is 16.3 Å². The first-order valence-corrected chi connectivity index (χ1v) is 8.97. The Labute approximate surface area is 116 Å². The normalized spacial score (nSPS) is 17.4. The summed E-state index contributed by atoms with van der Waals surface area (Å²) in [5.41, 5.74) is 2.60. The van der Waals surface area contributed by atoms with Crippen molar-refractivity contribution in [3.8, 4) is 0 Å². The Hall–Kier alpha value is -0.870. The maximum Gasteiger partial charge on any atom is 0.148 e. The van der Waals surface area contributed by atoms with E-state index in [-0.39, 0.29) is 5.75 Å². The number of aryl methyl sites for hydroxylation is 1. The Morgan fingerprint density at radius 3 is 2.42 bits per heavy atom. The number of rotatable bonds is 7. The Balaban J connectivity index is 1.88. The molecule has 0 saturated heterocycles. The van der Waals surface area contributed by atoms with E-state index in [0.717, 1.165) is 12.3 Å². The van der Waals surface area contributed by atoms with Crippen LogP contribution in [0, 0.1) is 12.8 Å². The summed E-state index contributed by atoms with van der Waals surface area (Å²) in [7, 11) is -2.87. The van der Waals surface area contributed by atoms with Gasteiger partial charge in [-0.05, 0) is 37.7 Å². The van der Waals surface area contributed by atoms with Gasteiger partial charge in [-0.1, -0.05) is 29.8 Å². The van der Waals surface area contributed by atoms with E-state index in [1.807, 2.05) is 0 Å². The minimum atomic E-state index is -2.87. The molecule has 0 unspecified atom stereocenters. The van der Waals surface area contributed by atoms with Crippen LogP contribution in [0.5, 0.6) is 0 Å². The fourth-order valence-electron chi connectivity index (χ4n) is 2.31. The standard InChI is InChI=1S/C15H23NO2S/c1-12-3-5-13(6-4-12)11-15(14-7-8-14)16-9-10-19(2,17)18/h3-6,14-16H,7-11H2,1-2H3/t15-/m0/s1. The summed E-state index contributed by atoms with van der Waals surface area (Å²) in [4.78, 5) is 0. The second-order valence-electron chi connectivity index (χ2n) is 5.72. The van der Waals surface area contributed by atoms with Crippen LogP contribution < -0.4 is 5.32 Å². The van der Waals surface area contributed by atoms with Crippen molar-refractivity contribution in [1.82, 2.24) is 5.32 Å². The molecule has 1 aromatic carbocycles. The molecular weight excluding hydrogens is 258 g/mol. The van der Waals surface area contributed by atoms with Crippen LogP contribution in [0.3, 0.4) is 0 Å². The average Bonchev–Trinajstić information content (AvgIpc) is 3.13. The van der Waals surface area contributed by atoms with Gasteiger partial charge in [-0.2, -0.15) is 0 Å². The molecule has 19 heavy (non-hydrogen) atoms. The lowest BCUT2D eigenvalue weighted by Gasteiger charge is -2.18. The minimum Gasteiger partial charge on any atom is -0.312 e. The molecule has 0 bridgehead atoms. The van der Waals surface area contributed by atoms with Crippen molar-refractivity contribution in [3.63, 3.8) is 0 Å². The maximum absolute atomic E-state index is 11.2. The average molecular weight is 281 g/mol. The second kappa shape index (κ2) is 6.06. The number of hydrogen-bond acceptors (Lipinski definition) is 3. The quantitative estimate of drug-likeness (QED) is 0.831. The van der Waals surface area contributed by atoms with Crippen LogP contribution in [0.4, 0.5) is 0 Å². The van der Waals surface area contributed by atoms with Crippen LogP contribution in [0.1, 0.15) is 24.0 Å². The Morgan fingerprint density at radius 2 is 1.89 bits per heavy atom. The third kappa shape index (κ3) is 5.33. The summed E-state index contributed by atoms with van der Waals surface area (Å²) in [6.45, 7) is 2.65. The molecule has 1 saturated carbocycles. The zero-order valence-electron chi connectivity index (χ0n) is 11.7. The molecule has 1 N–H and O–H groups in total. The zero-order valence-corrected chi connectivity index (χ0v) is 12.5. The summed E-state index contributed by atoms with van der Waals surface area (Å²) >= 11 is 0. The fourth-order valence-corrected chi connectivity index (χ4v) is 2.80. The molecule has 0 radical (unpaired) electrons. The van der Waals surface area contributed by atoms with Crippen molar-refractivity contribution in [1.29, 1.82) is 0 Å². The third-order valence-electron chi connectivity index (χ3n) is 3.65. The largest absolute Gasteiger partial charge is 0.312 e. The van der Waals surface area contributed by atoms with Crippen LogP contribution in [-0.4, -0.2) is 33.0 Å². The summed E-state index contributed by atoms with van der Waals surface area (Å²) in [5, 5.41) is 3.42. The summed E-state index contributed by atoms with van der Waals surface area (Å²) in [5.74, 6) is 0.949. The van der Waals surface area contributed by atoms with E-state index in [0.29, 0.717) is 12.6 Å². The van der Waals surface area contributed by atoms with Crippen molar-refractivity contribution in [3.05, 3.63) is 35.4 Å². The van der Waals surface area contributed by atoms with Crippen LogP contribution >= 0.6 is 0 Å². The Kier molecular flexibility index (Phi) is 4.63. The number of nitrogens with one attached hydrogen (secondary N) is 1. The van der Waals surface area contributed by atoms with E-state index in [1.54, 1.807) is 0 Å². The van der Waals surface area contributed by atoms with E-state index in [2.05, 4.69) is 36.5 Å². The topological polar surface area (TPSA) is 46.2 Å². The molecule has 1 aliphatic carbocycles. The van der Waals surface area contributed by atoms with Gasteiger partial charge in [0.2, 0.25) is 0 Å². The van der Waals surface area contributed by atoms with Gasteiger partial charge in [0.05, 0.1) is 5.75 Å². The zero-order chi connectivity index (χ0) is 13.9. The molecule has 1 aromatic rings. The SMILES string of the molecule is Cc1ccc(C[C@H](NCCS(C)(=O)=O)C2CC2)cc1. The van der Waals surface area contributed by atoms with Crippen molar-refractivity contribution >= 4 is 9.84 Å². The first-order valence-electron chi connectivity index (χ1n) is 6.91. The molecule has 0 aromatic heterocycles. The van der Waals surface area contributed by atoms with Gasteiger partial charge in [-0.3, -0.25) is 0 Å². The highest BCUT2D eigenvalue weighted by Gasteiger charge is 2.30. The summed E-state index contributed by atoms with van der Waals surface area (Å²) in [6.07, 6.45) is 4.82. The van der Waals surface area contributed by atoms with Gasteiger partial charge in [-0.25, -0.2) is 8.42 Å². The minimum absolute atomic E-state index is 0.226. The van der Waals surface area contributed by atoms with Gasteiger partial charge in [0.25, 0.3) is 0 Å². The molecular formula is C15H23NO2S. The van der Waals surface area contributed by atoms with E-state index in [4.69, 9.17) is 0 Å². The Bertz CT molecular complexity index is 503. The van der Waals surface area contributed by atoms with Crippen molar-refractivity contribution in [2.45, 2.75) is 32.2 Å². The van der Waals surface area contributed by atoms with Crippen LogP contribution in [0.25, 0.3) is 0 Å². The third-order valence-corrected chi connectivity index (χ3v) is 4.59. The van der Waals surface area contributed by atoms with Crippen molar-refractivity contribution in [2.24, 2.45) is 5.92 Å². The first kappa shape index (κ1) is 14.5. The lowest BCUT2D eigenvalue weighted by molar-refractivity contribution is 0.471. The Morgan fingerprint density at radius 1 is 1.26 bits per heavy atom. The van der Waals surface area contributed by atoms with Gasteiger partial charge in [0.15, 0.2) is 0 Å². The number of hydrogen-bond donors (Lipinski definition) is 1. The molecule has 106 valence electrons. The monoisotopic (exact) mass is 281 g/mol. The lowest BCUT2D eigenvalue weighted by Crippen LogP contribution is -2.36. The van der Waals surface area contributed by atoms with Crippen molar-refractivity contribution < 1.29 is 8.42 Å². The van der Waals surface area contributed by atoms with E-state index < -0.39 is 9.84 Å². The van der Waals surface area contributed by atoms with E-state index in [1.165, 1.54) is 30.2 Å². The molecule has 0 spiro atoms. The molecule has 0 aliphatic heterocycles. The highest BCUT2D eigenvalue weighted by molar-refractivity contribution is 7.90. The van der Waals surface area contributed by atoms with Gasteiger partial charge in [0.1, 0.15) is 9.84 Å². The van der Waals surface area contributed by atoms with E-state index >= 15 is 0 Å². The summed E-state index contributed by atoms with van der Waals surface area (Å²) in [6, 6.07) is 9.03. The number of sulfone groups is 1. The van der Waals surface area contributed by atoms with Crippen LogP contribution in [0.15, 0.2) is 24.3 Å². The van der Waals surface area contributed by atoms with Gasteiger partial charge < -0.3 is 5.32 Å². The van der Waals surface area contributed by atoms with Gasteiger partial charge in [-0.15, -0.1) is 0 Å². The molecule has 1 fully saturated rings. The first-order chi connectivity index (χ1) is 8.94. The van der Waals surface area contributed by atoms with Crippen LogP contribution in [0.2, 0.25) is 0 Å². The molecule has 2 rings (SSSR count). The molecule has 1 atom stereocenters. The second-order valence-corrected chi connectivity index (χ2v) is 7.98. The van der Waals surface area contributed by atoms with Gasteiger partial charge >= 0.3 is 0 Å². The number of benzene rings is 1. The molecule has 0 amide bonds. The predicted octanol–water partition coefficient (Wildman–Crippen LogP) is 1.95. The van der Waals surface area contributed by atoms with Crippen molar-refractivity contribution in [2.75, 3.05) is 18.6 Å². The van der Waals surface area contributed by atoms with Gasteiger partial charge in [0, 0.05) is 18.8 Å². The highest BCUT2D eigenvalue weighted by atomic mass is 32.2. The smallest absolute Gasteiger partial charge is 0.148 e. The molecule has 0 heterocycles. The molecule has 4 heteroatoms. The summed E-state index contributed by atoms with van der Waals surface area (Å²) < 4.78 is 22.3. The molecule has 1 aliphatic rings. The fraction of sp³-hybridized carbons (Fsp3) is 0.600. The molecule has 3 nitrogen and oxygen atoms in total. The van der Waals surface area contributed by atoms with E-state index in [9.17, 15) is 8.42 Å². The maximum atomic E-state index is 11.2. The highest BCUT2D eigenvalue weighted by Crippen LogP contribution is 2.34.